The number of hydroxylamine groups is 2. The molecule has 0 saturated heterocycles. The second-order valence-corrected chi connectivity index (χ2v) is 5.40. The van der Waals surface area contributed by atoms with Crippen molar-refractivity contribution in [1.29, 1.82) is 0 Å². The van der Waals surface area contributed by atoms with E-state index in [2.05, 4.69) is 4.98 Å². The van der Waals surface area contributed by atoms with Gasteiger partial charge in [0.25, 0.3) is 5.91 Å². The van der Waals surface area contributed by atoms with Crippen molar-refractivity contribution < 1.29 is 14.4 Å². The molecule has 0 aliphatic heterocycles. The van der Waals surface area contributed by atoms with Crippen molar-refractivity contribution in [2.75, 3.05) is 21.3 Å². The molecular formula is C19H19N3O3. The molecular weight excluding hydrogens is 318 g/mol. The Hall–Kier alpha value is -3.12. The van der Waals surface area contributed by atoms with Gasteiger partial charge in [0, 0.05) is 24.5 Å². The number of benzene rings is 2. The van der Waals surface area contributed by atoms with E-state index in [1.54, 1.807) is 31.2 Å². The van der Waals surface area contributed by atoms with Crippen LogP contribution in [0.2, 0.25) is 0 Å². The highest BCUT2D eigenvalue weighted by Crippen LogP contribution is 2.30. The van der Waals surface area contributed by atoms with E-state index in [9.17, 15) is 4.79 Å². The average Bonchev–Trinajstić information content (AvgIpc) is 3.17. The number of hydrogen-bond acceptors (Lipinski definition) is 4. The molecule has 0 N–H and O–H groups in total. The second-order valence-electron chi connectivity index (χ2n) is 5.40. The van der Waals surface area contributed by atoms with E-state index in [0.717, 1.165) is 27.6 Å². The summed E-state index contributed by atoms with van der Waals surface area (Å²) in [7, 11) is 4.64. The van der Waals surface area contributed by atoms with Gasteiger partial charge >= 0.3 is 0 Å². The van der Waals surface area contributed by atoms with E-state index in [-0.39, 0.29) is 5.91 Å². The summed E-state index contributed by atoms with van der Waals surface area (Å²) in [5.74, 6) is 0.505. The minimum absolute atomic E-state index is 0.304. The third-order valence-electron chi connectivity index (χ3n) is 3.92. The number of para-hydroxylation sites is 1. The third kappa shape index (κ3) is 3.39. The minimum Gasteiger partial charge on any atom is -0.496 e. The molecule has 0 unspecified atom stereocenters. The number of imidazole rings is 1. The highest BCUT2D eigenvalue weighted by molar-refractivity contribution is 5.91. The van der Waals surface area contributed by atoms with Gasteiger partial charge in [-0.1, -0.05) is 30.3 Å². The van der Waals surface area contributed by atoms with E-state index in [1.165, 1.54) is 7.11 Å². The van der Waals surface area contributed by atoms with Gasteiger partial charge in [-0.25, -0.2) is 10.0 Å². The summed E-state index contributed by atoms with van der Waals surface area (Å²) in [6, 6.07) is 15.8. The monoisotopic (exact) mass is 337 g/mol. The molecule has 3 aromatic rings. The number of nitrogens with zero attached hydrogens (tertiary/aromatic N) is 3. The third-order valence-corrected chi connectivity index (χ3v) is 3.92. The molecule has 0 spiro atoms. The van der Waals surface area contributed by atoms with Crippen LogP contribution in [0.5, 0.6) is 5.75 Å². The number of aromatic nitrogens is 2. The number of rotatable bonds is 5. The van der Waals surface area contributed by atoms with Crippen LogP contribution in [-0.2, 0) is 4.84 Å². The Morgan fingerprint density at radius 3 is 2.68 bits per heavy atom. The first kappa shape index (κ1) is 16.7. The van der Waals surface area contributed by atoms with Gasteiger partial charge in [-0.2, -0.15) is 0 Å². The maximum absolute atomic E-state index is 12.1. The van der Waals surface area contributed by atoms with Crippen LogP contribution in [0.25, 0.3) is 16.8 Å². The summed E-state index contributed by atoms with van der Waals surface area (Å²) in [5.41, 5.74) is 3.23. The Balaban J connectivity index is 1.95. The molecule has 0 aliphatic rings. The lowest BCUT2D eigenvalue weighted by atomic mass is 10.0. The van der Waals surface area contributed by atoms with Gasteiger partial charge in [0.2, 0.25) is 0 Å². The molecule has 0 atom stereocenters. The standard InChI is InChI=1S/C19H19N3O3/c1-21(25-3)19(23)17-12-22(13-20-17)15-8-6-7-14(11-15)16-9-4-5-10-18(16)24-2/h4-13H,1-3H3. The molecule has 0 fully saturated rings. The SMILES string of the molecule is COc1ccccc1-c1cccc(-n2cnc(C(=O)N(C)OC)c2)c1. The van der Waals surface area contributed by atoms with Crippen LogP contribution in [0.1, 0.15) is 10.5 Å². The van der Waals surface area contributed by atoms with Gasteiger partial charge in [0.1, 0.15) is 17.8 Å². The number of carbonyl (C=O) groups excluding carboxylic acids is 1. The second kappa shape index (κ2) is 7.19. The largest absolute Gasteiger partial charge is 0.496 e. The molecule has 0 radical (unpaired) electrons. The lowest BCUT2D eigenvalue weighted by molar-refractivity contribution is -0.0760. The number of carbonyl (C=O) groups is 1. The van der Waals surface area contributed by atoms with Crippen LogP contribution in [0.4, 0.5) is 0 Å². The summed E-state index contributed by atoms with van der Waals surface area (Å²) in [6.45, 7) is 0. The number of ether oxygens (including phenoxy) is 1. The van der Waals surface area contributed by atoms with Crippen molar-refractivity contribution in [2.24, 2.45) is 0 Å². The van der Waals surface area contributed by atoms with Crippen molar-refractivity contribution in [2.45, 2.75) is 0 Å². The maximum Gasteiger partial charge on any atom is 0.297 e. The molecule has 25 heavy (non-hydrogen) atoms. The first-order chi connectivity index (χ1) is 12.1. The lowest BCUT2D eigenvalue weighted by Gasteiger charge is -2.11. The fraction of sp³-hybridized carbons (Fsp3) is 0.158. The number of amides is 1. The van der Waals surface area contributed by atoms with E-state index >= 15 is 0 Å². The molecule has 1 heterocycles. The zero-order valence-corrected chi connectivity index (χ0v) is 14.3. The van der Waals surface area contributed by atoms with Crippen molar-refractivity contribution in [3.05, 3.63) is 66.7 Å². The van der Waals surface area contributed by atoms with Gasteiger partial charge in [0.05, 0.1) is 14.2 Å². The number of methoxy groups -OCH3 is 1. The minimum atomic E-state index is -0.304. The summed E-state index contributed by atoms with van der Waals surface area (Å²) < 4.78 is 7.24. The molecule has 6 heteroatoms. The van der Waals surface area contributed by atoms with E-state index in [0.29, 0.717) is 5.69 Å². The molecule has 0 saturated carbocycles. The van der Waals surface area contributed by atoms with Gasteiger partial charge in [-0.15, -0.1) is 0 Å². The van der Waals surface area contributed by atoms with Crippen molar-refractivity contribution in [1.82, 2.24) is 14.6 Å². The van der Waals surface area contributed by atoms with Gasteiger partial charge in [-0.3, -0.25) is 9.63 Å². The van der Waals surface area contributed by atoms with Crippen molar-refractivity contribution >= 4 is 5.91 Å². The fourth-order valence-corrected chi connectivity index (χ4v) is 2.54. The van der Waals surface area contributed by atoms with Crippen LogP contribution in [0.3, 0.4) is 0 Å². The summed E-state index contributed by atoms with van der Waals surface area (Å²) in [4.78, 5) is 21.2. The van der Waals surface area contributed by atoms with Crippen molar-refractivity contribution in [3.8, 4) is 22.6 Å². The van der Waals surface area contributed by atoms with Gasteiger partial charge < -0.3 is 9.30 Å². The topological polar surface area (TPSA) is 56.6 Å². The predicted octanol–water partition coefficient (Wildman–Crippen LogP) is 3.18. The van der Waals surface area contributed by atoms with Gasteiger partial charge in [0.15, 0.2) is 0 Å². The fourth-order valence-electron chi connectivity index (χ4n) is 2.54. The predicted molar refractivity (Wildman–Crippen MR) is 94.7 cm³/mol. The highest BCUT2D eigenvalue weighted by atomic mass is 16.7. The maximum atomic E-state index is 12.1. The van der Waals surface area contributed by atoms with Crippen LogP contribution in [0.15, 0.2) is 61.1 Å². The highest BCUT2D eigenvalue weighted by Gasteiger charge is 2.15. The summed E-state index contributed by atoms with van der Waals surface area (Å²) in [6.07, 6.45) is 3.29. The smallest absolute Gasteiger partial charge is 0.297 e. The molecule has 0 bridgehead atoms. The molecule has 128 valence electrons. The molecule has 0 aliphatic carbocycles. The lowest BCUT2D eigenvalue weighted by Crippen LogP contribution is -2.25. The van der Waals surface area contributed by atoms with Crippen LogP contribution < -0.4 is 4.74 Å². The number of hydrogen-bond donors (Lipinski definition) is 0. The Morgan fingerprint density at radius 2 is 1.92 bits per heavy atom. The Morgan fingerprint density at radius 1 is 1.12 bits per heavy atom. The molecule has 6 nitrogen and oxygen atoms in total. The van der Waals surface area contributed by atoms with Crippen LogP contribution in [0, 0.1) is 0 Å². The van der Waals surface area contributed by atoms with E-state index in [4.69, 9.17) is 9.57 Å². The van der Waals surface area contributed by atoms with Crippen LogP contribution >= 0.6 is 0 Å². The summed E-state index contributed by atoms with van der Waals surface area (Å²) >= 11 is 0. The summed E-state index contributed by atoms with van der Waals surface area (Å²) in [5, 5.41) is 1.14. The quantitative estimate of drug-likeness (QED) is 0.671. The molecule has 2 aromatic carbocycles. The first-order valence-electron chi connectivity index (χ1n) is 7.74. The average molecular weight is 337 g/mol. The van der Waals surface area contributed by atoms with Crippen LogP contribution in [-0.4, -0.2) is 41.8 Å². The Bertz CT molecular complexity index is 889. The van der Waals surface area contributed by atoms with Crippen molar-refractivity contribution in [3.63, 3.8) is 0 Å². The molecule has 3 rings (SSSR count). The Kier molecular flexibility index (Phi) is 4.81. The van der Waals surface area contributed by atoms with E-state index < -0.39 is 0 Å². The van der Waals surface area contributed by atoms with E-state index in [1.807, 2.05) is 48.5 Å². The zero-order valence-electron chi connectivity index (χ0n) is 14.3. The molecule has 1 amide bonds. The zero-order chi connectivity index (χ0) is 17.8. The van der Waals surface area contributed by atoms with Gasteiger partial charge in [-0.05, 0) is 23.8 Å². The molecule has 1 aromatic heterocycles. The normalized spacial score (nSPS) is 10.5. The first-order valence-corrected chi connectivity index (χ1v) is 7.74. The Labute approximate surface area is 146 Å².